The Morgan fingerprint density at radius 1 is 0.947 bits per heavy atom. The molecule has 0 bridgehead atoms. The predicted octanol–water partition coefficient (Wildman–Crippen LogP) is 3.71. The number of rotatable bonds is 5. The Morgan fingerprint density at radius 3 is 2.58 bits per heavy atom. The molecule has 6 rings (SSSR count). The SMILES string of the molecule is Cc1ccc(-c2noc(-c3ccn(C)c(=O)c3)n2)cc1NC(=O)c1cnc2cc(-c3ccn(C)n3)ccn12. The molecule has 0 aliphatic rings. The van der Waals surface area contributed by atoms with Gasteiger partial charge in [0, 0.05) is 61.1 Å². The second kappa shape index (κ2) is 8.96. The number of pyridine rings is 2. The summed E-state index contributed by atoms with van der Waals surface area (Å²) in [6.07, 6.45) is 6.87. The maximum Gasteiger partial charge on any atom is 0.274 e. The van der Waals surface area contributed by atoms with Crippen LogP contribution in [-0.4, -0.2) is 39.8 Å². The second-order valence-electron chi connectivity index (χ2n) is 8.93. The Bertz CT molecular complexity index is 1890. The van der Waals surface area contributed by atoms with Crippen LogP contribution in [0.3, 0.4) is 0 Å². The average Bonchev–Trinajstić information content (AvgIpc) is 3.66. The molecule has 11 heteroatoms. The number of carbonyl (C=O) groups is 1. The lowest BCUT2D eigenvalue weighted by atomic mass is 10.1. The summed E-state index contributed by atoms with van der Waals surface area (Å²) in [7, 11) is 3.53. The number of nitrogens with one attached hydrogen (secondary N) is 1. The minimum atomic E-state index is -0.308. The molecule has 0 spiro atoms. The van der Waals surface area contributed by atoms with Gasteiger partial charge in [0.05, 0.1) is 11.9 Å². The summed E-state index contributed by atoms with van der Waals surface area (Å²) in [5.74, 6) is 0.268. The molecule has 38 heavy (non-hydrogen) atoms. The normalized spacial score (nSPS) is 11.2. The third-order valence-electron chi connectivity index (χ3n) is 6.28. The van der Waals surface area contributed by atoms with E-state index in [1.165, 1.54) is 10.6 Å². The lowest BCUT2D eigenvalue weighted by Gasteiger charge is -2.09. The van der Waals surface area contributed by atoms with Crippen molar-refractivity contribution < 1.29 is 9.32 Å². The summed E-state index contributed by atoms with van der Waals surface area (Å²) in [6, 6.07) is 14.4. The highest BCUT2D eigenvalue weighted by Gasteiger charge is 2.17. The average molecular weight is 507 g/mol. The van der Waals surface area contributed by atoms with Crippen molar-refractivity contribution in [3.8, 4) is 34.1 Å². The van der Waals surface area contributed by atoms with E-state index >= 15 is 0 Å². The number of hydrogen-bond acceptors (Lipinski definition) is 7. The molecule has 0 saturated carbocycles. The topological polar surface area (TPSA) is 125 Å². The molecular weight excluding hydrogens is 484 g/mol. The zero-order valence-corrected chi connectivity index (χ0v) is 20.8. The summed E-state index contributed by atoms with van der Waals surface area (Å²) >= 11 is 0. The molecule has 0 aliphatic heterocycles. The summed E-state index contributed by atoms with van der Waals surface area (Å²) in [5.41, 5.74) is 5.25. The third-order valence-corrected chi connectivity index (χ3v) is 6.28. The first-order valence-corrected chi connectivity index (χ1v) is 11.8. The van der Waals surface area contributed by atoms with Crippen LogP contribution in [0.2, 0.25) is 0 Å². The summed E-state index contributed by atoms with van der Waals surface area (Å²) in [6.45, 7) is 1.90. The minimum absolute atomic E-state index is 0.178. The van der Waals surface area contributed by atoms with E-state index in [9.17, 15) is 9.59 Å². The zero-order chi connectivity index (χ0) is 26.4. The van der Waals surface area contributed by atoms with Crippen LogP contribution in [0.25, 0.3) is 39.7 Å². The lowest BCUT2D eigenvalue weighted by molar-refractivity contribution is 0.102. The van der Waals surface area contributed by atoms with Crippen molar-refractivity contribution in [1.29, 1.82) is 0 Å². The van der Waals surface area contributed by atoms with Crippen molar-refractivity contribution >= 4 is 17.2 Å². The molecule has 6 aromatic rings. The molecule has 5 heterocycles. The number of amides is 1. The minimum Gasteiger partial charge on any atom is -0.334 e. The van der Waals surface area contributed by atoms with Gasteiger partial charge in [-0.1, -0.05) is 17.3 Å². The predicted molar refractivity (Wildman–Crippen MR) is 140 cm³/mol. The van der Waals surface area contributed by atoms with Crippen molar-refractivity contribution in [2.45, 2.75) is 6.92 Å². The maximum absolute atomic E-state index is 13.2. The van der Waals surface area contributed by atoms with E-state index in [1.807, 2.05) is 56.7 Å². The van der Waals surface area contributed by atoms with Crippen LogP contribution in [-0.2, 0) is 14.1 Å². The number of carbonyl (C=O) groups excluding carboxylic acids is 1. The smallest absolute Gasteiger partial charge is 0.274 e. The van der Waals surface area contributed by atoms with Crippen LogP contribution in [0, 0.1) is 6.92 Å². The molecular formula is C27H22N8O3. The van der Waals surface area contributed by atoms with Gasteiger partial charge in [-0.2, -0.15) is 10.1 Å². The molecule has 0 aliphatic carbocycles. The van der Waals surface area contributed by atoms with E-state index in [1.54, 1.807) is 40.7 Å². The van der Waals surface area contributed by atoms with Gasteiger partial charge in [-0.05, 0) is 42.8 Å². The second-order valence-corrected chi connectivity index (χ2v) is 8.93. The Kier molecular flexibility index (Phi) is 5.45. The zero-order valence-electron chi connectivity index (χ0n) is 20.8. The number of imidazole rings is 1. The monoisotopic (exact) mass is 506 g/mol. The fourth-order valence-electron chi connectivity index (χ4n) is 4.10. The molecule has 0 saturated heterocycles. The quantitative estimate of drug-likeness (QED) is 0.378. The number of aryl methyl sites for hydroxylation is 3. The highest BCUT2D eigenvalue weighted by Crippen LogP contribution is 2.26. The van der Waals surface area contributed by atoms with Gasteiger partial charge >= 0.3 is 0 Å². The molecule has 1 N–H and O–H groups in total. The first-order valence-electron chi connectivity index (χ1n) is 11.8. The van der Waals surface area contributed by atoms with Crippen LogP contribution in [0.1, 0.15) is 16.1 Å². The molecule has 1 aromatic carbocycles. The molecule has 0 unspecified atom stereocenters. The molecule has 188 valence electrons. The van der Waals surface area contributed by atoms with Crippen molar-refractivity contribution in [3.63, 3.8) is 0 Å². The summed E-state index contributed by atoms with van der Waals surface area (Å²) < 4.78 is 10.3. The van der Waals surface area contributed by atoms with Crippen molar-refractivity contribution in [1.82, 2.24) is 33.9 Å². The first-order chi connectivity index (χ1) is 18.4. The van der Waals surface area contributed by atoms with Gasteiger partial charge < -0.3 is 14.4 Å². The molecule has 0 fully saturated rings. The Morgan fingerprint density at radius 2 is 1.79 bits per heavy atom. The number of anilines is 1. The number of fused-ring (bicyclic) bond motifs is 1. The standard InChI is InChI=1S/C27H22N8O3/c1-16-4-5-18(25-30-27(38-32-25)19-6-9-33(2)24(36)14-19)12-21(16)29-26(37)22-15-28-23-13-17(7-11-35(22)23)20-8-10-34(3)31-20/h4-15H,1-3H3,(H,29,37). The molecule has 0 radical (unpaired) electrons. The van der Waals surface area contributed by atoms with Crippen molar-refractivity contribution in [2.24, 2.45) is 14.1 Å². The number of nitrogens with zero attached hydrogens (tertiary/aromatic N) is 7. The lowest BCUT2D eigenvalue weighted by Crippen LogP contribution is -2.15. The van der Waals surface area contributed by atoms with Gasteiger partial charge in [-0.15, -0.1) is 0 Å². The van der Waals surface area contributed by atoms with Gasteiger partial charge in [0.2, 0.25) is 5.82 Å². The van der Waals surface area contributed by atoms with E-state index in [-0.39, 0.29) is 17.4 Å². The largest absolute Gasteiger partial charge is 0.334 e. The summed E-state index contributed by atoms with van der Waals surface area (Å²) in [5, 5.41) is 11.5. The Hall–Kier alpha value is -5.32. The van der Waals surface area contributed by atoms with E-state index in [4.69, 9.17) is 4.52 Å². The van der Waals surface area contributed by atoms with Crippen LogP contribution in [0.4, 0.5) is 5.69 Å². The van der Waals surface area contributed by atoms with E-state index in [2.05, 4.69) is 25.5 Å². The van der Waals surface area contributed by atoms with Crippen molar-refractivity contribution in [2.75, 3.05) is 5.32 Å². The molecule has 11 nitrogen and oxygen atoms in total. The fraction of sp³-hybridized carbons (Fsp3) is 0.111. The van der Waals surface area contributed by atoms with Crippen LogP contribution in [0.15, 0.2) is 82.6 Å². The van der Waals surface area contributed by atoms with E-state index in [0.717, 1.165) is 16.8 Å². The highest BCUT2D eigenvalue weighted by molar-refractivity contribution is 6.04. The first kappa shape index (κ1) is 23.1. The van der Waals surface area contributed by atoms with Crippen molar-refractivity contribution in [3.05, 3.63) is 94.9 Å². The van der Waals surface area contributed by atoms with E-state index < -0.39 is 0 Å². The van der Waals surface area contributed by atoms with Gasteiger partial charge in [-0.25, -0.2) is 4.98 Å². The van der Waals surface area contributed by atoms with Gasteiger partial charge in [-0.3, -0.25) is 18.7 Å². The fourth-order valence-corrected chi connectivity index (χ4v) is 4.10. The van der Waals surface area contributed by atoms with Crippen LogP contribution in [0.5, 0.6) is 0 Å². The molecule has 5 aromatic heterocycles. The highest BCUT2D eigenvalue weighted by atomic mass is 16.5. The number of hydrogen-bond donors (Lipinski definition) is 1. The molecule has 1 amide bonds. The van der Waals surface area contributed by atoms with Crippen LogP contribution >= 0.6 is 0 Å². The van der Waals surface area contributed by atoms with Gasteiger partial charge in [0.1, 0.15) is 11.3 Å². The Labute approximate surface area is 216 Å². The molecule has 0 atom stereocenters. The Balaban J connectivity index is 1.26. The van der Waals surface area contributed by atoms with Crippen LogP contribution < -0.4 is 10.9 Å². The van der Waals surface area contributed by atoms with E-state index in [0.29, 0.717) is 34.0 Å². The maximum atomic E-state index is 13.2. The van der Waals surface area contributed by atoms with Gasteiger partial charge in [0.25, 0.3) is 17.4 Å². The van der Waals surface area contributed by atoms with Gasteiger partial charge in [0.15, 0.2) is 0 Å². The number of benzene rings is 1. The summed E-state index contributed by atoms with van der Waals surface area (Å²) in [4.78, 5) is 34.0. The number of aromatic nitrogens is 7. The third kappa shape index (κ3) is 4.15.